The van der Waals surface area contributed by atoms with E-state index in [0.717, 1.165) is 13.0 Å². The van der Waals surface area contributed by atoms with Crippen molar-refractivity contribution in [3.8, 4) is 0 Å². The maximum atomic E-state index is 8.85. The fourth-order valence-corrected chi connectivity index (χ4v) is 0.897. The lowest BCUT2D eigenvalue weighted by Crippen LogP contribution is -2.15. The zero-order chi connectivity index (χ0) is 6.15. The van der Waals surface area contributed by atoms with Crippen molar-refractivity contribution >= 4 is 0 Å². The summed E-state index contributed by atoms with van der Waals surface area (Å²) >= 11 is 0. The predicted octanol–water partition coefficient (Wildman–Crippen LogP) is -0.0712. The van der Waals surface area contributed by atoms with E-state index >= 15 is 0 Å². The van der Waals surface area contributed by atoms with E-state index in [1.165, 1.54) is 0 Å². The van der Waals surface area contributed by atoms with Crippen LogP contribution in [-0.2, 0) is 0 Å². The van der Waals surface area contributed by atoms with Crippen LogP contribution in [0.15, 0.2) is 0 Å². The van der Waals surface area contributed by atoms with Crippen molar-refractivity contribution in [1.29, 1.82) is 0 Å². The van der Waals surface area contributed by atoms with Gasteiger partial charge in [0.2, 0.25) is 0 Å². The van der Waals surface area contributed by atoms with Crippen LogP contribution in [0.4, 0.5) is 0 Å². The zero-order valence-corrected chi connectivity index (χ0v) is 5.46. The Kier molecular flexibility index (Phi) is 1.54. The molecule has 2 atom stereocenters. The molecule has 0 aromatic rings. The second kappa shape index (κ2) is 2.03. The molecule has 0 radical (unpaired) electrons. The average molecular weight is 115 g/mol. The van der Waals surface area contributed by atoms with E-state index in [0.29, 0.717) is 5.92 Å². The van der Waals surface area contributed by atoms with Gasteiger partial charge in [-0.05, 0) is 26.4 Å². The number of hydrogen-bond donors (Lipinski definition) is 1. The third-order valence-electron chi connectivity index (χ3n) is 1.48. The Morgan fingerprint density at radius 1 is 1.62 bits per heavy atom. The molecule has 48 valence electrons. The van der Waals surface area contributed by atoms with Gasteiger partial charge in [0.05, 0.1) is 6.10 Å². The molecule has 0 amide bonds. The highest BCUT2D eigenvalue weighted by molar-refractivity contribution is 4.86. The molecule has 0 unspecified atom stereocenters. The summed E-state index contributed by atoms with van der Waals surface area (Å²) in [5, 5.41) is 8.85. The maximum absolute atomic E-state index is 8.85. The Morgan fingerprint density at radius 2 is 2.12 bits per heavy atom. The highest BCUT2D eigenvalue weighted by Gasteiger charge is 2.34. The van der Waals surface area contributed by atoms with E-state index in [1.54, 1.807) is 0 Å². The molecule has 2 heteroatoms. The van der Waals surface area contributed by atoms with Crippen molar-refractivity contribution in [2.24, 2.45) is 5.92 Å². The molecule has 0 aliphatic heterocycles. The highest BCUT2D eigenvalue weighted by Crippen LogP contribution is 2.29. The van der Waals surface area contributed by atoms with Crippen molar-refractivity contribution in [3.63, 3.8) is 0 Å². The van der Waals surface area contributed by atoms with Crippen molar-refractivity contribution < 1.29 is 5.11 Å². The summed E-state index contributed by atoms with van der Waals surface area (Å²) in [5.74, 6) is 0.574. The quantitative estimate of drug-likeness (QED) is 0.544. The second-order valence-electron chi connectivity index (χ2n) is 2.83. The summed E-state index contributed by atoms with van der Waals surface area (Å²) < 4.78 is 0. The molecule has 0 saturated heterocycles. The number of aliphatic hydroxyl groups is 1. The summed E-state index contributed by atoms with van der Waals surface area (Å²) in [6.07, 6.45) is 1.02. The van der Waals surface area contributed by atoms with Gasteiger partial charge in [0.15, 0.2) is 0 Å². The Balaban J connectivity index is 2.05. The first-order chi connectivity index (χ1) is 3.70. The van der Waals surface area contributed by atoms with Crippen LogP contribution in [0.3, 0.4) is 0 Å². The van der Waals surface area contributed by atoms with Gasteiger partial charge in [-0.2, -0.15) is 0 Å². The van der Waals surface area contributed by atoms with Gasteiger partial charge in [0.1, 0.15) is 0 Å². The smallest absolute Gasteiger partial charge is 0.0585 e. The summed E-state index contributed by atoms with van der Waals surface area (Å²) in [7, 11) is 4.07. The molecule has 1 rings (SSSR count). The van der Waals surface area contributed by atoms with E-state index < -0.39 is 0 Å². The monoisotopic (exact) mass is 115 g/mol. The molecule has 0 spiro atoms. The Bertz CT molecular complexity index is 82.6. The normalized spacial score (nSPS) is 36.0. The fraction of sp³-hybridized carbons (Fsp3) is 1.00. The topological polar surface area (TPSA) is 23.5 Å². The van der Waals surface area contributed by atoms with Crippen LogP contribution in [0.1, 0.15) is 6.42 Å². The standard InChI is InChI=1S/C6H13NO/c1-7(2)4-5-3-6(5)8/h5-6,8H,3-4H2,1-2H3/t5-,6+/m0/s1. The summed E-state index contributed by atoms with van der Waals surface area (Å²) in [6.45, 7) is 1.04. The van der Waals surface area contributed by atoms with E-state index in [4.69, 9.17) is 5.11 Å². The molecule has 8 heavy (non-hydrogen) atoms. The second-order valence-corrected chi connectivity index (χ2v) is 2.83. The fourth-order valence-electron chi connectivity index (χ4n) is 0.897. The molecule has 1 N–H and O–H groups in total. The molecular weight excluding hydrogens is 102 g/mol. The Labute approximate surface area is 50.1 Å². The molecule has 0 aromatic heterocycles. The van der Waals surface area contributed by atoms with Crippen molar-refractivity contribution in [2.45, 2.75) is 12.5 Å². The van der Waals surface area contributed by atoms with Gasteiger partial charge in [-0.25, -0.2) is 0 Å². The van der Waals surface area contributed by atoms with Gasteiger partial charge >= 0.3 is 0 Å². The summed E-state index contributed by atoms with van der Waals surface area (Å²) in [4.78, 5) is 2.11. The minimum atomic E-state index is 0.0115. The molecule has 1 aliphatic rings. The predicted molar refractivity (Wildman–Crippen MR) is 32.7 cm³/mol. The third-order valence-corrected chi connectivity index (χ3v) is 1.48. The number of hydrogen-bond acceptors (Lipinski definition) is 2. The SMILES string of the molecule is CN(C)C[C@@H]1C[C@H]1O. The minimum Gasteiger partial charge on any atom is -0.393 e. The van der Waals surface area contributed by atoms with Gasteiger partial charge in [-0.1, -0.05) is 0 Å². The Morgan fingerprint density at radius 3 is 2.25 bits per heavy atom. The van der Waals surface area contributed by atoms with E-state index in [9.17, 15) is 0 Å². The zero-order valence-electron chi connectivity index (χ0n) is 5.46. The first-order valence-electron chi connectivity index (χ1n) is 3.03. The van der Waals surface area contributed by atoms with Gasteiger partial charge < -0.3 is 10.0 Å². The first-order valence-corrected chi connectivity index (χ1v) is 3.03. The molecular formula is C6H13NO. The van der Waals surface area contributed by atoms with Gasteiger partial charge in [-0.15, -0.1) is 0 Å². The van der Waals surface area contributed by atoms with Crippen LogP contribution in [-0.4, -0.2) is 36.8 Å². The minimum absolute atomic E-state index is 0.0115. The number of nitrogens with zero attached hydrogens (tertiary/aromatic N) is 1. The third kappa shape index (κ3) is 1.46. The molecule has 0 bridgehead atoms. The molecule has 1 fully saturated rings. The lowest BCUT2D eigenvalue weighted by Gasteiger charge is -2.06. The number of aliphatic hydroxyl groups excluding tert-OH is 1. The molecule has 1 aliphatic carbocycles. The lowest BCUT2D eigenvalue weighted by atomic mass is 10.4. The molecule has 0 aromatic carbocycles. The average Bonchev–Trinajstić information content (AvgIpc) is 2.17. The van der Waals surface area contributed by atoms with Crippen molar-refractivity contribution in [2.75, 3.05) is 20.6 Å². The van der Waals surface area contributed by atoms with E-state index in [2.05, 4.69) is 4.90 Å². The summed E-state index contributed by atoms with van der Waals surface area (Å²) in [6, 6.07) is 0. The highest BCUT2D eigenvalue weighted by atomic mass is 16.3. The molecule has 0 heterocycles. The maximum Gasteiger partial charge on any atom is 0.0585 e. The van der Waals surface area contributed by atoms with Crippen molar-refractivity contribution in [3.05, 3.63) is 0 Å². The van der Waals surface area contributed by atoms with Gasteiger partial charge in [-0.3, -0.25) is 0 Å². The summed E-state index contributed by atoms with van der Waals surface area (Å²) in [5.41, 5.74) is 0. The van der Waals surface area contributed by atoms with Crippen LogP contribution in [0.25, 0.3) is 0 Å². The van der Waals surface area contributed by atoms with Crippen LogP contribution >= 0.6 is 0 Å². The lowest BCUT2D eigenvalue weighted by molar-refractivity contribution is 0.243. The van der Waals surface area contributed by atoms with Crippen LogP contribution in [0.5, 0.6) is 0 Å². The van der Waals surface area contributed by atoms with Crippen LogP contribution in [0, 0.1) is 5.92 Å². The largest absolute Gasteiger partial charge is 0.393 e. The number of rotatable bonds is 2. The van der Waals surface area contributed by atoms with Crippen LogP contribution in [0.2, 0.25) is 0 Å². The van der Waals surface area contributed by atoms with Gasteiger partial charge in [0.25, 0.3) is 0 Å². The van der Waals surface area contributed by atoms with Crippen LogP contribution < -0.4 is 0 Å². The molecule has 1 saturated carbocycles. The van der Waals surface area contributed by atoms with Crippen molar-refractivity contribution in [1.82, 2.24) is 4.90 Å². The molecule has 2 nitrogen and oxygen atoms in total. The Hall–Kier alpha value is -0.0800. The van der Waals surface area contributed by atoms with E-state index in [1.807, 2.05) is 14.1 Å². The first kappa shape index (κ1) is 6.05. The van der Waals surface area contributed by atoms with Gasteiger partial charge in [0, 0.05) is 6.54 Å². The van der Waals surface area contributed by atoms with E-state index in [-0.39, 0.29) is 6.10 Å².